The lowest BCUT2D eigenvalue weighted by atomic mass is 10.1. The molecule has 0 aliphatic rings. The molecule has 0 amide bonds. The molecule has 19 heavy (non-hydrogen) atoms. The molecule has 0 fully saturated rings. The van der Waals surface area contributed by atoms with Crippen molar-refractivity contribution >= 4 is 15.9 Å². The Morgan fingerprint density at radius 2 is 1.37 bits per heavy atom. The van der Waals surface area contributed by atoms with Crippen molar-refractivity contribution in [3.05, 3.63) is 60.2 Å². The van der Waals surface area contributed by atoms with Gasteiger partial charge >= 0.3 is 6.18 Å². The lowest BCUT2D eigenvalue weighted by molar-refractivity contribution is -0.128. The van der Waals surface area contributed by atoms with E-state index in [1.807, 2.05) is 18.2 Å². The third kappa shape index (κ3) is 3.73. The number of benzene rings is 2. The van der Waals surface area contributed by atoms with Crippen molar-refractivity contribution in [3.8, 4) is 11.5 Å². The van der Waals surface area contributed by atoms with E-state index in [1.165, 1.54) is 24.3 Å². The number of rotatable bonds is 3. The second-order valence-corrected chi connectivity index (χ2v) is 4.80. The van der Waals surface area contributed by atoms with Gasteiger partial charge in [-0.3, -0.25) is 0 Å². The third-order valence-electron chi connectivity index (χ3n) is 2.44. The summed E-state index contributed by atoms with van der Waals surface area (Å²) in [4.78, 5) is -1.66. The molecular weight excluding hydrogens is 321 g/mol. The highest BCUT2D eigenvalue weighted by Gasteiger charge is 2.38. The van der Waals surface area contributed by atoms with Crippen LogP contribution in [0, 0.1) is 0 Å². The number of hydrogen-bond acceptors (Lipinski definition) is 1. The van der Waals surface area contributed by atoms with Gasteiger partial charge in [0.05, 0.1) is 0 Å². The summed E-state index contributed by atoms with van der Waals surface area (Å²) in [6, 6.07) is 14.9. The van der Waals surface area contributed by atoms with E-state index in [4.69, 9.17) is 4.74 Å². The first-order chi connectivity index (χ1) is 8.97. The molecule has 0 aliphatic heterocycles. The molecule has 0 saturated carbocycles. The van der Waals surface area contributed by atoms with Crippen molar-refractivity contribution in [1.82, 2.24) is 0 Å². The fourth-order valence-electron chi connectivity index (χ4n) is 1.52. The Morgan fingerprint density at radius 1 is 0.842 bits per heavy atom. The van der Waals surface area contributed by atoms with E-state index in [0.717, 1.165) is 0 Å². The fraction of sp³-hybridized carbons (Fsp3) is 0.143. The summed E-state index contributed by atoms with van der Waals surface area (Å²) in [5.41, 5.74) is 0.146. The SMILES string of the molecule is FC(F)(F)C(Br)c1ccc(Oc2ccccc2)cc1. The lowest BCUT2D eigenvalue weighted by Gasteiger charge is -2.14. The van der Waals surface area contributed by atoms with Crippen molar-refractivity contribution < 1.29 is 17.9 Å². The van der Waals surface area contributed by atoms with Crippen molar-refractivity contribution in [2.45, 2.75) is 11.0 Å². The Hall–Kier alpha value is -1.49. The van der Waals surface area contributed by atoms with Gasteiger partial charge in [0.2, 0.25) is 0 Å². The second-order valence-electron chi connectivity index (χ2n) is 3.89. The monoisotopic (exact) mass is 330 g/mol. The normalized spacial score (nSPS) is 13.1. The van der Waals surface area contributed by atoms with E-state index < -0.39 is 11.0 Å². The molecule has 1 nitrogen and oxygen atoms in total. The van der Waals surface area contributed by atoms with Crippen LogP contribution in [-0.4, -0.2) is 6.18 Å². The highest BCUT2D eigenvalue weighted by atomic mass is 79.9. The summed E-state index contributed by atoms with van der Waals surface area (Å²) in [5.74, 6) is 1.14. The maximum atomic E-state index is 12.5. The Bertz CT molecular complexity index is 523. The van der Waals surface area contributed by atoms with Crippen molar-refractivity contribution in [3.63, 3.8) is 0 Å². The molecule has 1 unspecified atom stereocenters. The molecule has 2 aromatic rings. The van der Waals surface area contributed by atoms with Gasteiger partial charge in [-0.1, -0.05) is 46.3 Å². The summed E-state index contributed by atoms with van der Waals surface area (Å²) >= 11 is 2.63. The lowest BCUT2D eigenvalue weighted by Crippen LogP contribution is -2.14. The summed E-state index contributed by atoms with van der Waals surface area (Å²) in [7, 11) is 0. The predicted molar refractivity (Wildman–Crippen MR) is 70.7 cm³/mol. The smallest absolute Gasteiger partial charge is 0.405 e. The van der Waals surface area contributed by atoms with Gasteiger partial charge in [0.1, 0.15) is 16.3 Å². The molecule has 100 valence electrons. The Balaban J connectivity index is 2.11. The molecule has 0 heterocycles. The van der Waals surface area contributed by atoms with E-state index in [0.29, 0.717) is 11.5 Å². The summed E-state index contributed by atoms with van der Waals surface area (Å²) in [5, 5.41) is 0. The highest BCUT2D eigenvalue weighted by Crippen LogP contribution is 2.40. The van der Waals surface area contributed by atoms with Crippen LogP contribution in [0.1, 0.15) is 10.4 Å². The van der Waals surface area contributed by atoms with Crippen molar-refractivity contribution in [2.75, 3.05) is 0 Å². The largest absolute Gasteiger partial charge is 0.457 e. The molecule has 2 rings (SSSR count). The van der Waals surface area contributed by atoms with Gasteiger partial charge < -0.3 is 4.74 Å². The average molecular weight is 331 g/mol. The van der Waals surface area contributed by atoms with Crippen LogP contribution in [0.4, 0.5) is 13.2 Å². The van der Waals surface area contributed by atoms with Crippen LogP contribution >= 0.6 is 15.9 Å². The molecule has 0 aliphatic carbocycles. The number of ether oxygens (including phenoxy) is 1. The van der Waals surface area contributed by atoms with Crippen molar-refractivity contribution in [1.29, 1.82) is 0 Å². The van der Waals surface area contributed by atoms with E-state index >= 15 is 0 Å². The van der Waals surface area contributed by atoms with Crippen LogP contribution in [0.3, 0.4) is 0 Å². The topological polar surface area (TPSA) is 9.23 Å². The van der Waals surface area contributed by atoms with Crippen LogP contribution < -0.4 is 4.74 Å². The third-order valence-corrected chi connectivity index (χ3v) is 3.49. The van der Waals surface area contributed by atoms with Crippen LogP contribution in [0.2, 0.25) is 0 Å². The molecule has 0 aromatic heterocycles. The summed E-state index contributed by atoms with van der Waals surface area (Å²) < 4.78 is 43.0. The quantitative estimate of drug-likeness (QED) is 0.677. The minimum atomic E-state index is -4.30. The summed E-state index contributed by atoms with van der Waals surface area (Å²) in [6.07, 6.45) is -4.30. The van der Waals surface area contributed by atoms with E-state index in [9.17, 15) is 13.2 Å². The highest BCUT2D eigenvalue weighted by molar-refractivity contribution is 9.09. The number of halogens is 4. The van der Waals surface area contributed by atoms with E-state index in [-0.39, 0.29) is 5.56 Å². The minimum Gasteiger partial charge on any atom is -0.457 e. The molecule has 5 heteroatoms. The van der Waals surface area contributed by atoms with Crippen LogP contribution in [-0.2, 0) is 0 Å². The summed E-state index contributed by atoms with van der Waals surface area (Å²) in [6.45, 7) is 0. The molecule has 2 aromatic carbocycles. The van der Waals surface area contributed by atoms with Crippen LogP contribution in [0.5, 0.6) is 11.5 Å². The first kappa shape index (κ1) is 13.9. The van der Waals surface area contributed by atoms with Crippen LogP contribution in [0.25, 0.3) is 0 Å². The molecule has 0 N–H and O–H groups in total. The fourth-order valence-corrected chi connectivity index (χ4v) is 1.82. The molecule has 1 atom stereocenters. The maximum Gasteiger partial charge on any atom is 0.405 e. The zero-order valence-electron chi connectivity index (χ0n) is 9.69. The standard InChI is InChI=1S/C14H10BrF3O/c15-13(14(16,17)18)10-6-8-12(9-7-10)19-11-4-2-1-3-5-11/h1-9,13H. The zero-order chi connectivity index (χ0) is 13.9. The minimum absolute atomic E-state index is 0.146. The molecule has 0 spiro atoms. The molecular formula is C14H10BrF3O. The van der Waals surface area contributed by atoms with Gasteiger partial charge in [0.25, 0.3) is 0 Å². The van der Waals surface area contributed by atoms with E-state index in [1.54, 1.807) is 12.1 Å². The molecule has 0 radical (unpaired) electrons. The Labute approximate surface area is 117 Å². The van der Waals surface area contributed by atoms with Crippen molar-refractivity contribution in [2.24, 2.45) is 0 Å². The average Bonchev–Trinajstić information content (AvgIpc) is 2.39. The molecule has 0 saturated heterocycles. The van der Waals surface area contributed by atoms with Gasteiger partial charge in [0.15, 0.2) is 0 Å². The van der Waals surface area contributed by atoms with Gasteiger partial charge in [0, 0.05) is 0 Å². The predicted octanol–water partition coefficient (Wildman–Crippen LogP) is 5.48. The first-order valence-corrected chi connectivity index (χ1v) is 6.42. The van der Waals surface area contributed by atoms with E-state index in [2.05, 4.69) is 15.9 Å². The second kappa shape index (κ2) is 5.65. The number of hydrogen-bond donors (Lipinski definition) is 0. The maximum absolute atomic E-state index is 12.5. The Morgan fingerprint density at radius 3 is 1.89 bits per heavy atom. The van der Waals surface area contributed by atoms with Gasteiger partial charge in [-0.2, -0.15) is 13.2 Å². The molecule has 0 bridgehead atoms. The van der Waals surface area contributed by atoms with Crippen LogP contribution in [0.15, 0.2) is 54.6 Å². The van der Waals surface area contributed by atoms with Gasteiger partial charge in [-0.05, 0) is 29.8 Å². The first-order valence-electron chi connectivity index (χ1n) is 5.50. The van der Waals surface area contributed by atoms with Gasteiger partial charge in [-0.25, -0.2) is 0 Å². The number of alkyl halides is 4. The Kier molecular flexibility index (Phi) is 4.14. The zero-order valence-corrected chi connectivity index (χ0v) is 11.3. The van der Waals surface area contributed by atoms with Gasteiger partial charge in [-0.15, -0.1) is 0 Å². The number of para-hydroxylation sites is 1.